The first-order valence-electron chi connectivity index (χ1n) is 8.82. The number of guanidine groups is 1. The lowest BCUT2D eigenvalue weighted by Gasteiger charge is -2.30. The zero-order valence-corrected chi connectivity index (χ0v) is 16.6. The van der Waals surface area contributed by atoms with E-state index in [4.69, 9.17) is 0 Å². The number of hydrogen-bond donors (Lipinski definition) is 2. The summed E-state index contributed by atoms with van der Waals surface area (Å²) in [5.41, 5.74) is 1.27. The molecule has 1 aromatic rings. The second-order valence-electron chi connectivity index (χ2n) is 6.01. The first kappa shape index (κ1) is 21.4. The van der Waals surface area contributed by atoms with Gasteiger partial charge in [-0.2, -0.15) is 0 Å². The van der Waals surface area contributed by atoms with Crippen molar-refractivity contribution in [3.05, 3.63) is 35.9 Å². The summed E-state index contributed by atoms with van der Waals surface area (Å²) in [4.78, 5) is 6.63. The van der Waals surface area contributed by atoms with E-state index >= 15 is 0 Å². The predicted octanol–water partition coefficient (Wildman–Crippen LogP) is 1.67. The number of nitrogens with zero attached hydrogens (tertiary/aromatic N) is 2. The van der Waals surface area contributed by atoms with E-state index < -0.39 is 9.84 Å². The summed E-state index contributed by atoms with van der Waals surface area (Å²) >= 11 is 0. The van der Waals surface area contributed by atoms with E-state index in [1.807, 2.05) is 6.07 Å². The van der Waals surface area contributed by atoms with Crippen molar-refractivity contribution in [3.8, 4) is 0 Å². The maximum atomic E-state index is 11.2. The third kappa shape index (κ3) is 8.36. The fourth-order valence-corrected chi connectivity index (χ4v) is 3.42. The zero-order chi connectivity index (χ0) is 18.7. The van der Waals surface area contributed by atoms with Gasteiger partial charge in [-0.05, 0) is 25.1 Å². The standard InChI is InChI=1S/C18H32N4O2S/c1-5-22(6-2)17(16-11-8-7-9-12-16)15-21-18(19-3)20-13-10-14-25(4,23)24/h7-9,11-12,17H,5-6,10,13-15H2,1-4H3,(H2,19,20,21). The van der Waals surface area contributed by atoms with Gasteiger partial charge in [0.1, 0.15) is 9.84 Å². The average Bonchev–Trinajstić information content (AvgIpc) is 2.60. The molecule has 0 aromatic heterocycles. The maximum absolute atomic E-state index is 11.2. The molecule has 142 valence electrons. The van der Waals surface area contributed by atoms with Crippen LogP contribution in [-0.2, 0) is 9.84 Å². The lowest BCUT2D eigenvalue weighted by molar-refractivity contribution is 0.219. The van der Waals surface area contributed by atoms with Crippen LogP contribution in [0.25, 0.3) is 0 Å². The lowest BCUT2D eigenvalue weighted by Crippen LogP contribution is -2.43. The van der Waals surface area contributed by atoms with Gasteiger partial charge < -0.3 is 10.6 Å². The average molecular weight is 369 g/mol. The van der Waals surface area contributed by atoms with Crippen LogP contribution >= 0.6 is 0 Å². The Morgan fingerprint density at radius 2 is 1.80 bits per heavy atom. The number of nitrogens with one attached hydrogen (secondary N) is 2. The van der Waals surface area contributed by atoms with Gasteiger partial charge in [-0.1, -0.05) is 44.2 Å². The molecule has 25 heavy (non-hydrogen) atoms. The molecule has 1 aromatic carbocycles. The molecular weight excluding hydrogens is 336 g/mol. The van der Waals surface area contributed by atoms with Gasteiger partial charge in [0.05, 0.1) is 11.8 Å². The minimum atomic E-state index is -2.92. The van der Waals surface area contributed by atoms with Gasteiger partial charge in [0.25, 0.3) is 0 Å². The normalized spacial score (nSPS) is 13.7. The molecule has 0 spiro atoms. The van der Waals surface area contributed by atoms with E-state index in [0.29, 0.717) is 18.9 Å². The summed E-state index contributed by atoms with van der Waals surface area (Å²) in [6.45, 7) is 7.58. The smallest absolute Gasteiger partial charge is 0.191 e. The summed E-state index contributed by atoms with van der Waals surface area (Å²) in [6, 6.07) is 10.7. The van der Waals surface area contributed by atoms with Crippen molar-refractivity contribution in [1.29, 1.82) is 0 Å². The Balaban J connectivity index is 2.61. The van der Waals surface area contributed by atoms with Gasteiger partial charge in [-0.3, -0.25) is 9.89 Å². The molecule has 0 fully saturated rings. The van der Waals surface area contributed by atoms with Gasteiger partial charge in [-0.15, -0.1) is 0 Å². The van der Waals surface area contributed by atoms with Gasteiger partial charge in [-0.25, -0.2) is 8.42 Å². The van der Waals surface area contributed by atoms with Crippen LogP contribution in [0.5, 0.6) is 0 Å². The Kier molecular flexibility index (Phi) is 9.52. The molecule has 0 aliphatic heterocycles. The molecule has 0 saturated heterocycles. The van der Waals surface area contributed by atoms with Gasteiger partial charge in [0, 0.05) is 26.4 Å². The van der Waals surface area contributed by atoms with Crippen LogP contribution in [0.2, 0.25) is 0 Å². The van der Waals surface area contributed by atoms with E-state index in [0.717, 1.165) is 19.6 Å². The molecule has 0 amide bonds. The van der Waals surface area contributed by atoms with Crippen molar-refractivity contribution in [1.82, 2.24) is 15.5 Å². The van der Waals surface area contributed by atoms with E-state index in [1.54, 1.807) is 7.05 Å². The molecule has 6 nitrogen and oxygen atoms in total. The van der Waals surface area contributed by atoms with Gasteiger partial charge >= 0.3 is 0 Å². The number of likely N-dealkylation sites (N-methyl/N-ethyl adjacent to an activating group) is 1. The summed E-state index contributed by atoms with van der Waals surface area (Å²) in [6.07, 6.45) is 1.83. The molecule has 0 saturated carbocycles. The van der Waals surface area contributed by atoms with Crippen LogP contribution in [0.3, 0.4) is 0 Å². The number of aliphatic imine (C=N–C) groups is 1. The summed E-state index contributed by atoms with van der Waals surface area (Å²) in [5, 5.41) is 6.54. The molecule has 0 heterocycles. The first-order valence-corrected chi connectivity index (χ1v) is 10.9. The molecule has 1 unspecified atom stereocenters. The lowest BCUT2D eigenvalue weighted by atomic mass is 10.1. The Morgan fingerprint density at radius 1 is 1.16 bits per heavy atom. The van der Waals surface area contributed by atoms with Crippen molar-refractivity contribution in [2.75, 3.05) is 45.2 Å². The summed E-state index contributed by atoms with van der Waals surface area (Å²) in [7, 11) is -1.19. The van der Waals surface area contributed by atoms with Gasteiger partial charge in [0.2, 0.25) is 0 Å². The first-order chi connectivity index (χ1) is 11.9. The van der Waals surface area contributed by atoms with E-state index in [1.165, 1.54) is 11.8 Å². The summed E-state index contributed by atoms with van der Waals surface area (Å²) < 4.78 is 22.4. The molecule has 1 rings (SSSR count). The highest BCUT2D eigenvalue weighted by atomic mass is 32.2. The highest BCUT2D eigenvalue weighted by molar-refractivity contribution is 7.90. The quantitative estimate of drug-likeness (QED) is 0.373. The van der Waals surface area contributed by atoms with Crippen LogP contribution in [0, 0.1) is 0 Å². The summed E-state index contributed by atoms with van der Waals surface area (Å²) in [5.74, 6) is 0.880. The Morgan fingerprint density at radius 3 is 2.32 bits per heavy atom. The molecule has 1 atom stereocenters. The minimum Gasteiger partial charge on any atom is -0.356 e. The monoisotopic (exact) mass is 368 g/mol. The Labute approximate surface area is 152 Å². The topological polar surface area (TPSA) is 73.8 Å². The largest absolute Gasteiger partial charge is 0.356 e. The Bertz CT molecular complexity index is 613. The maximum Gasteiger partial charge on any atom is 0.191 e. The fourth-order valence-electron chi connectivity index (χ4n) is 2.75. The van der Waals surface area contributed by atoms with Crippen LogP contribution in [0.1, 0.15) is 31.9 Å². The number of hydrogen-bond acceptors (Lipinski definition) is 4. The van der Waals surface area contributed by atoms with Crippen LogP contribution in [-0.4, -0.2) is 64.5 Å². The third-order valence-electron chi connectivity index (χ3n) is 4.11. The van der Waals surface area contributed by atoms with Crippen LogP contribution < -0.4 is 10.6 Å². The SMILES string of the molecule is CCN(CC)C(CNC(=NC)NCCCS(C)(=O)=O)c1ccccc1. The second kappa shape index (κ2) is 11.1. The van der Waals surface area contributed by atoms with Crippen LogP contribution in [0.15, 0.2) is 35.3 Å². The van der Waals surface area contributed by atoms with Crippen molar-refractivity contribution < 1.29 is 8.42 Å². The number of benzene rings is 1. The Hall–Kier alpha value is -1.60. The highest BCUT2D eigenvalue weighted by Crippen LogP contribution is 2.19. The van der Waals surface area contributed by atoms with E-state index in [9.17, 15) is 8.42 Å². The fraction of sp³-hybridized carbons (Fsp3) is 0.611. The van der Waals surface area contributed by atoms with Crippen molar-refractivity contribution in [2.45, 2.75) is 26.3 Å². The van der Waals surface area contributed by atoms with Crippen molar-refractivity contribution >= 4 is 15.8 Å². The second-order valence-corrected chi connectivity index (χ2v) is 8.27. The van der Waals surface area contributed by atoms with Gasteiger partial charge in [0.15, 0.2) is 5.96 Å². The van der Waals surface area contributed by atoms with E-state index in [2.05, 4.69) is 58.6 Å². The number of rotatable bonds is 10. The molecule has 2 N–H and O–H groups in total. The minimum absolute atomic E-state index is 0.184. The highest BCUT2D eigenvalue weighted by Gasteiger charge is 2.18. The molecule has 0 aliphatic carbocycles. The molecular formula is C18H32N4O2S. The third-order valence-corrected chi connectivity index (χ3v) is 5.14. The number of sulfone groups is 1. The predicted molar refractivity (Wildman–Crippen MR) is 106 cm³/mol. The molecule has 0 radical (unpaired) electrons. The van der Waals surface area contributed by atoms with E-state index in [-0.39, 0.29) is 11.8 Å². The van der Waals surface area contributed by atoms with Crippen LogP contribution in [0.4, 0.5) is 0 Å². The molecule has 0 bridgehead atoms. The molecule has 7 heteroatoms. The van der Waals surface area contributed by atoms with Crippen molar-refractivity contribution in [2.24, 2.45) is 4.99 Å². The molecule has 0 aliphatic rings. The van der Waals surface area contributed by atoms with Crippen molar-refractivity contribution in [3.63, 3.8) is 0 Å². The zero-order valence-electron chi connectivity index (χ0n) is 15.8.